The first kappa shape index (κ1) is 15.8. The van der Waals surface area contributed by atoms with E-state index in [-0.39, 0.29) is 0 Å². The molecule has 2 rings (SSSR count). The van der Waals surface area contributed by atoms with Crippen LogP contribution in [0, 0.1) is 17.2 Å². The van der Waals surface area contributed by atoms with Gasteiger partial charge >= 0.3 is 0 Å². The number of nitrogens with zero attached hydrogens (tertiary/aromatic N) is 2. The molecule has 114 valence electrons. The van der Waals surface area contributed by atoms with Gasteiger partial charge in [-0.3, -0.25) is 0 Å². The highest BCUT2D eigenvalue weighted by atomic mass is 16.5. The summed E-state index contributed by atoms with van der Waals surface area (Å²) in [6, 6.07) is 9.40. The number of piperidine rings is 1. The van der Waals surface area contributed by atoms with Gasteiger partial charge in [0.25, 0.3) is 0 Å². The van der Waals surface area contributed by atoms with Gasteiger partial charge in [-0.15, -0.1) is 0 Å². The van der Waals surface area contributed by atoms with Gasteiger partial charge in [-0.1, -0.05) is 19.1 Å². The molecule has 1 heterocycles. The first-order valence-electron chi connectivity index (χ1n) is 7.71. The minimum Gasteiger partial charge on any atom is -0.490 e. The minimum atomic E-state index is 0.482. The molecule has 0 atom stereocenters. The lowest BCUT2D eigenvalue weighted by atomic mass is 9.99. The summed E-state index contributed by atoms with van der Waals surface area (Å²) in [4.78, 5) is 2.46. The molecule has 0 amide bonds. The van der Waals surface area contributed by atoms with E-state index in [2.05, 4.69) is 17.9 Å². The molecule has 1 saturated heterocycles. The fourth-order valence-corrected chi connectivity index (χ4v) is 2.48. The van der Waals surface area contributed by atoms with Crippen LogP contribution in [-0.2, 0) is 4.74 Å². The summed E-state index contributed by atoms with van der Waals surface area (Å²) in [7, 11) is 0. The summed E-state index contributed by atoms with van der Waals surface area (Å²) >= 11 is 0. The summed E-state index contributed by atoms with van der Waals surface area (Å²) < 4.78 is 11.2. The van der Waals surface area contributed by atoms with Crippen LogP contribution < -0.4 is 4.74 Å². The van der Waals surface area contributed by atoms with E-state index in [4.69, 9.17) is 14.7 Å². The molecule has 0 unspecified atom stereocenters. The average molecular weight is 288 g/mol. The normalized spacial score (nSPS) is 16.6. The van der Waals surface area contributed by atoms with E-state index in [1.807, 2.05) is 18.2 Å². The maximum atomic E-state index is 8.96. The lowest BCUT2D eigenvalue weighted by Gasteiger charge is -2.29. The van der Waals surface area contributed by atoms with Crippen molar-refractivity contribution in [2.45, 2.75) is 19.8 Å². The van der Waals surface area contributed by atoms with Gasteiger partial charge in [0.2, 0.25) is 0 Å². The van der Waals surface area contributed by atoms with Crippen LogP contribution >= 0.6 is 0 Å². The molecule has 0 spiro atoms. The first-order chi connectivity index (χ1) is 10.3. The molecule has 0 bridgehead atoms. The summed E-state index contributed by atoms with van der Waals surface area (Å²) in [5.41, 5.74) is 0.569. The molecule has 4 nitrogen and oxygen atoms in total. The second-order valence-corrected chi connectivity index (χ2v) is 5.59. The van der Waals surface area contributed by atoms with Crippen LogP contribution in [-0.4, -0.2) is 44.4 Å². The quantitative estimate of drug-likeness (QED) is 0.724. The van der Waals surface area contributed by atoms with Crippen molar-refractivity contribution >= 4 is 0 Å². The van der Waals surface area contributed by atoms with Crippen LogP contribution in [0.3, 0.4) is 0 Å². The maximum Gasteiger partial charge on any atom is 0.137 e. The Morgan fingerprint density at radius 1 is 1.19 bits per heavy atom. The molecule has 4 heteroatoms. The van der Waals surface area contributed by atoms with Gasteiger partial charge in [0.1, 0.15) is 18.4 Å². The Labute approximate surface area is 127 Å². The van der Waals surface area contributed by atoms with Crippen molar-refractivity contribution in [1.82, 2.24) is 4.90 Å². The van der Waals surface area contributed by atoms with Crippen LogP contribution in [0.2, 0.25) is 0 Å². The smallest absolute Gasteiger partial charge is 0.137 e. The third-order valence-corrected chi connectivity index (χ3v) is 3.92. The Hall–Kier alpha value is -1.57. The van der Waals surface area contributed by atoms with E-state index in [1.54, 1.807) is 6.07 Å². The Bertz CT molecular complexity index is 462. The Morgan fingerprint density at radius 3 is 2.71 bits per heavy atom. The number of para-hydroxylation sites is 1. The van der Waals surface area contributed by atoms with Crippen LogP contribution in [0.15, 0.2) is 24.3 Å². The van der Waals surface area contributed by atoms with E-state index >= 15 is 0 Å². The largest absolute Gasteiger partial charge is 0.490 e. The van der Waals surface area contributed by atoms with Crippen molar-refractivity contribution in [3.05, 3.63) is 29.8 Å². The van der Waals surface area contributed by atoms with Crippen LogP contribution in [0.1, 0.15) is 25.3 Å². The molecule has 1 aliphatic rings. The van der Waals surface area contributed by atoms with Gasteiger partial charge in [0.05, 0.1) is 18.8 Å². The Balaban J connectivity index is 1.55. The van der Waals surface area contributed by atoms with Crippen LogP contribution in [0.25, 0.3) is 0 Å². The number of rotatable bonds is 7. The summed E-state index contributed by atoms with van der Waals surface area (Å²) in [6.45, 7) is 7.50. The fourth-order valence-electron chi connectivity index (χ4n) is 2.48. The standard InChI is InChI=1S/C17H24N2O2/c1-15-6-8-19(9-7-15)10-11-20-12-13-21-17-5-3-2-4-16(17)14-18/h2-5,15H,6-13H2,1H3. The number of hydrogen-bond donors (Lipinski definition) is 0. The lowest BCUT2D eigenvalue weighted by molar-refractivity contribution is 0.0708. The number of nitriles is 1. The first-order valence-corrected chi connectivity index (χ1v) is 7.71. The zero-order valence-corrected chi connectivity index (χ0v) is 12.8. The highest BCUT2D eigenvalue weighted by Crippen LogP contribution is 2.16. The molecular weight excluding hydrogens is 264 g/mol. The van der Waals surface area contributed by atoms with E-state index in [0.29, 0.717) is 24.5 Å². The monoisotopic (exact) mass is 288 g/mol. The molecule has 1 aromatic rings. The number of hydrogen-bond acceptors (Lipinski definition) is 4. The minimum absolute atomic E-state index is 0.482. The van der Waals surface area contributed by atoms with Crippen molar-refractivity contribution in [2.75, 3.05) is 39.5 Å². The van der Waals surface area contributed by atoms with Gasteiger partial charge in [-0.25, -0.2) is 0 Å². The van der Waals surface area contributed by atoms with E-state index in [1.165, 1.54) is 25.9 Å². The van der Waals surface area contributed by atoms with Crippen molar-refractivity contribution in [1.29, 1.82) is 5.26 Å². The molecule has 1 fully saturated rings. The summed E-state index contributed by atoms with van der Waals surface area (Å²) in [5.74, 6) is 1.50. The van der Waals surface area contributed by atoms with Gasteiger partial charge in [-0.05, 0) is 44.0 Å². The second-order valence-electron chi connectivity index (χ2n) is 5.59. The molecule has 0 aliphatic carbocycles. The van der Waals surface area contributed by atoms with Gasteiger partial charge in [0.15, 0.2) is 0 Å². The highest BCUT2D eigenvalue weighted by molar-refractivity contribution is 5.42. The molecule has 0 radical (unpaired) electrons. The lowest BCUT2D eigenvalue weighted by Crippen LogP contribution is -2.35. The SMILES string of the molecule is CC1CCN(CCOCCOc2ccccc2C#N)CC1. The van der Waals surface area contributed by atoms with Crippen molar-refractivity contribution < 1.29 is 9.47 Å². The number of benzene rings is 1. The Kier molecular flexibility index (Phi) is 6.52. The molecule has 0 aromatic heterocycles. The van der Waals surface area contributed by atoms with Gasteiger partial charge in [-0.2, -0.15) is 5.26 Å². The van der Waals surface area contributed by atoms with Crippen LogP contribution in [0.4, 0.5) is 0 Å². The Morgan fingerprint density at radius 2 is 1.95 bits per heavy atom. The molecule has 0 N–H and O–H groups in total. The fraction of sp³-hybridized carbons (Fsp3) is 0.588. The third kappa shape index (κ3) is 5.37. The van der Waals surface area contributed by atoms with E-state index < -0.39 is 0 Å². The van der Waals surface area contributed by atoms with Gasteiger partial charge in [0, 0.05) is 6.54 Å². The highest BCUT2D eigenvalue weighted by Gasteiger charge is 2.14. The van der Waals surface area contributed by atoms with Crippen molar-refractivity contribution in [3.63, 3.8) is 0 Å². The predicted octanol–water partition coefficient (Wildman–Crippen LogP) is 2.69. The van der Waals surface area contributed by atoms with E-state index in [9.17, 15) is 0 Å². The molecule has 21 heavy (non-hydrogen) atoms. The predicted molar refractivity (Wildman–Crippen MR) is 82.3 cm³/mol. The van der Waals surface area contributed by atoms with Crippen molar-refractivity contribution in [3.8, 4) is 11.8 Å². The number of likely N-dealkylation sites (tertiary alicyclic amines) is 1. The van der Waals surface area contributed by atoms with Gasteiger partial charge < -0.3 is 14.4 Å². The zero-order chi connectivity index (χ0) is 14.9. The second kappa shape index (κ2) is 8.66. The van der Waals surface area contributed by atoms with E-state index in [0.717, 1.165) is 19.1 Å². The maximum absolute atomic E-state index is 8.96. The molecule has 1 aliphatic heterocycles. The van der Waals surface area contributed by atoms with Crippen molar-refractivity contribution in [2.24, 2.45) is 5.92 Å². The zero-order valence-electron chi connectivity index (χ0n) is 12.8. The topological polar surface area (TPSA) is 45.5 Å². The number of ether oxygens (including phenoxy) is 2. The molecular formula is C17H24N2O2. The third-order valence-electron chi connectivity index (χ3n) is 3.92. The molecule has 1 aromatic carbocycles. The summed E-state index contributed by atoms with van der Waals surface area (Å²) in [6.07, 6.45) is 2.60. The average Bonchev–Trinajstić information content (AvgIpc) is 2.53. The van der Waals surface area contributed by atoms with Crippen LogP contribution in [0.5, 0.6) is 5.75 Å². The summed E-state index contributed by atoms with van der Waals surface area (Å²) in [5, 5.41) is 8.96. The molecule has 0 saturated carbocycles.